The van der Waals surface area contributed by atoms with Gasteiger partial charge in [-0.25, -0.2) is 0 Å². The summed E-state index contributed by atoms with van der Waals surface area (Å²) in [6.07, 6.45) is 4.89. The van der Waals surface area contributed by atoms with Gasteiger partial charge in [-0.2, -0.15) is 0 Å². The lowest BCUT2D eigenvalue weighted by molar-refractivity contribution is -0.134. The molecule has 2 amide bonds. The zero-order valence-electron chi connectivity index (χ0n) is 15.7. The normalized spacial score (nSPS) is 14.6. The Hall–Kier alpha value is -2.89. The van der Waals surface area contributed by atoms with Crippen LogP contribution in [0.3, 0.4) is 0 Å². The zero-order chi connectivity index (χ0) is 19.1. The number of piperidine rings is 1. The highest BCUT2D eigenvalue weighted by Gasteiger charge is 2.27. The van der Waals surface area contributed by atoms with Crippen LogP contribution in [0.25, 0.3) is 0 Å². The molecule has 0 radical (unpaired) electrons. The summed E-state index contributed by atoms with van der Waals surface area (Å²) >= 11 is 0. The fourth-order valence-electron chi connectivity index (χ4n) is 3.30. The first-order chi connectivity index (χ1) is 13.1. The molecule has 3 rings (SSSR count). The fourth-order valence-corrected chi connectivity index (χ4v) is 3.30. The van der Waals surface area contributed by atoms with E-state index in [2.05, 4.69) is 10.3 Å². The van der Waals surface area contributed by atoms with Gasteiger partial charge in [0.05, 0.1) is 6.54 Å². The topological polar surface area (TPSA) is 65.5 Å². The third kappa shape index (κ3) is 5.29. The van der Waals surface area contributed by atoms with Gasteiger partial charge in [-0.1, -0.05) is 24.3 Å². The molecule has 1 aromatic heterocycles. The highest BCUT2D eigenvalue weighted by atomic mass is 16.2. The Bertz CT molecular complexity index is 743. The van der Waals surface area contributed by atoms with Crippen LogP contribution in [0.4, 0.5) is 5.69 Å². The molecule has 6 nitrogen and oxygen atoms in total. The van der Waals surface area contributed by atoms with Crippen LogP contribution in [0, 0.1) is 5.92 Å². The smallest absolute Gasteiger partial charge is 0.242 e. The van der Waals surface area contributed by atoms with Crippen LogP contribution in [0.15, 0.2) is 54.9 Å². The zero-order valence-corrected chi connectivity index (χ0v) is 15.7. The Labute approximate surface area is 160 Å². The Morgan fingerprint density at radius 3 is 2.56 bits per heavy atom. The maximum Gasteiger partial charge on any atom is 0.242 e. The van der Waals surface area contributed by atoms with E-state index in [1.807, 2.05) is 59.3 Å². The lowest BCUT2D eigenvalue weighted by Gasteiger charge is -2.32. The minimum atomic E-state index is -0.0300. The summed E-state index contributed by atoms with van der Waals surface area (Å²) in [5.41, 5.74) is 2.01. The standard InChI is InChI=1S/C21H26N4O2/c1-24(19-7-3-2-4-8-19)16-20(26)25-12-9-18(10-13-25)21(27)23-15-17-6-5-11-22-14-17/h2-8,11,14,18H,9-10,12-13,15-16H2,1H3,(H,23,27). The van der Waals surface area contributed by atoms with Crippen molar-refractivity contribution in [2.45, 2.75) is 19.4 Å². The monoisotopic (exact) mass is 366 g/mol. The second kappa shape index (κ2) is 9.16. The van der Waals surface area contributed by atoms with Gasteiger partial charge in [0.15, 0.2) is 0 Å². The molecule has 2 aromatic rings. The number of para-hydroxylation sites is 1. The molecule has 1 fully saturated rings. The van der Waals surface area contributed by atoms with Crippen LogP contribution in [0.1, 0.15) is 18.4 Å². The quantitative estimate of drug-likeness (QED) is 0.850. The second-order valence-corrected chi connectivity index (χ2v) is 6.93. The SMILES string of the molecule is CN(CC(=O)N1CCC(C(=O)NCc2cccnc2)CC1)c1ccccc1. The summed E-state index contributed by atoms with van der Waals surface area (Å²) in [6, 6.07) is 13.7. The van der Waals surface area contributed by atoms with Gasteiger partial charge in [0.1, 0.15) is 0 Å². The van der Waals surface area contributed by atoms with Crippen molar-refractivity contribution >= 4 is 17.5 Å². The van der Waals surface area contributed by atoms with Crippen LogP contribution in [0.5, 0.6) is 0 Å². The third-order valence-electron chi connectivity index (χ3n) is 4.98. The van der Waals surface area contributed by atoms with Crippen molar-refractivity contribution in [3.05, 3.63) is 60.4 Å². The number of benzene rings is 1. The highest BCUT2D eigenvalue weighted by molar-refractivity contribution is 5.82. The Kier molecular flexibility index (Phi) is 6.41. The predicted octanol–water partition coefficient (Wildman–Crippen LogP) is 2.07. The molecule has 1 N–H and O–H groups in total. The third-order valence-corrected chi connectivity index (χ3v) is 4.98. The van der Waals surface area contributed by atoms with E-state index in [1.54, 1.807) is 12.4 Å². The molecule has 0 bridgehead atoms. The highest BCUT2D eigenvalue weighted by Crippen LogP contribution is 2.18. The molecule has 0 unspecified atom stereocenters. The Balaban J connectivity index is 1.42. The molecule has 1 saturated heterocycles. The van der Waals surface area contributed by atoms with Gasteiger partial charge in [0, 0.05) is 50.7 Å². The molecular weight excluding hydrogens is 340 g/mol. The molecule has 6 heteroatoms. The number of rotatable bonds is 6. The van der Waals surface area contributed by atoms with Crippen LogP contribution >= 0.6 is 0 Å². The summed E-state index contributed by atoms with van der Waals surface area (Å²) in [5, 5.41) is 2.98. The first-order valence-corrected chi connectivity index (χ1v) is 9.34. The number of likely N-dealkylation sites (N-methyl/N-ethyl adjacent to an activating group) is 1. The summed E-state index contributed by atoms with van der Waals surface area (Å²) in [5.74, 6) is 0.139. The molecule has 0 aliphatic carbocycles. The number of amides is 2. The first-order valence-electron chi connectivity index (χ1n) is 9.34. The van der Waals surface area contributed by atoms with Crippen molar-refractivity contribution in [3.63, 3.8) is 0 Å². The summed E-state index contributed by atoms with van der Waals surface area (Å²) in [4.78, 5) is 32.8. The van der Waals surface area contributed by atoms with Gasteiger partial charge < -0.3 is 15.1 Å². The van der Waals surface area contributed by atoms with E-state index in [9.17, 15) is 9.59 Å². The summed E-state index contributed by atoms with van der Waals surface area (Å²) < 4.78 is 0. The molecule has 1 aromatic carbocycles. The number of nitrogens with one attached hydrogen (secondary N) is 1. The number of hydrogen-bond acceptors (Lipinski definition) is 4. The van der Waals surface area contributed by atoms with Gasteiger partial charge in [0.2, 0.25) is 11.8 Å². The van der Waals surface area contributed by atoms with E-state index in [4.69, 9.17) is 0 Å². The van der Waals surface area contributed by atoms with Crippen molar-refractivity contribution < 1.29 is 9.59 Å². The van der Waals surface area contributed by atoms with Crippen molar-refractivity contribution in [2.24, 2.45) is 5.92 Å². The average molecular weight is 366 g/mol. The van der Waals surface area contributed by atoms with Gasteiger partial charge >= 0.3 is 0 Å². The lowest BCUT2D eigenvalue weighted by atomic mass is 9.95. The van der Waals surface area contributed by atoms with Crippen LogP contribution in [-0.2, 0) is 16.1 Å². The number of anilines is 1. The largest absolute Gasteiger partial charge is 0.365 e. The maximum absolute atomic E-state index is 12.5. The van der Waals surface area contributed by atoms with Crippen molar-refractivity contribution in [2.75, 3.05) is 31.6 Å². The molecule has 0 saturated carbocycles. The van der Waals surface area contributed by atoms with Crippen molar-refractivity contribution in [3.8, 4) is 0 Å². The lowest BCUT2D eigenvalue weighted by Crippen LogP contribution is -2.46. The van der Waals surface area contributed by atoms with Crippen molar-refractivity contribution in [1.82, 2.24) is 15.2 Å². The number of hydrogen-bond donors (Lipinski definition) is 1. The number of pyridine rings is 1. The second-order valence-electron chi connectivity index (χ2n) is 6.93. The van der Waals surface area contributed by atoms with Crippen molar-refractivity contribution in [1.29, 1.82) is 0 Å². The van der Waals surface area contributed by atoms with Gasteiger partial charge in [-0.15, -0.1) is 0 Å². The molecule has 0 spiro atoms. The summed E-state index contributed by atoms with van der Waals surface area (Å²) in [7, 11) is 1.92. The predicted molar refractivity (Wildman–Crippen MR) is 105 cm³/mol. The number of carbonyl (C=O) groups is 2. The van der Waals surface area contributed by atoms with E-state index in [0.29, 0.717) is 39.0 Å². The maximum atomic E-state index is 12.5. The average Bonchev–Trinajstić information content (AvgIpc) is 2.73. The van der Waals surface area contributed by atoms with Gasteiger partial charge in [-0.3, -0.25) is 14.6 Å². The molecular formula is C21H26N4O2. The van der Waals surface area contributed by atoms with Crippen LogP contribution in [-0.4, -0.2) is 48.4 Å². The fraction of sp³-hybridized carbons (Fsp3) is 0.381. The van der Waals surface area contributed by atoms with E-state index in [1.165, 1.54) is 0 Å². The number of aromatic nitrogens is 1. The molecule has 0 atom stereocenters. The van der Waals surface area contributed by atoms with E-state index < -0.39 is 0 Å². The first kappa shape index (κ1) is 18.9. The minimum Gasteiger partial charge on any atom is -0.365 e. The van der Waals surface area contributed by atoms with E-state index in [-0.39, 0.29) is 17.7 Å². The number of carbonyl (C=O) groups excluding carboxylic acids is 2. The molecule has 1 aliphatic heterocycles. The van der Waals surface area contributed by atoms with Crippen LogP contribution in [0.2, 0.25) is 0 Å². The molecule has 27 heavy (non-hydrogen) atoms. The Morgan fingerprint density at radius 1 is 1.15 bits per heavy atom. The Morgan fingerprint density at radius 2 is 1.89 bits per heavy atom. The molecule has 142 valence electrons. The summed E-state index contributed by atoms with van der Waals surface area (Å²) in [6.45, 7) is 2.11. The number of likely N-dealkylation sites (tertiary alicyclic amines) is 1. The molecule has 1 aliphatic rings. The van der Waals surface area contributed by atoms with E-state index >= 15 is 0 Å². The van der Waals surface area contributed by atoms with E-state index in [0.717, 1.165) is 11.3 Å². The van der Waals surface area contributed by atoms with Gasteiger partial charge in [0.25, 0.3) is 0 Å². The van der Waals surface area contributed by atoms with Crippen LogP contribution < -0.4 is 10.2 Å². The number of nitrogens with zero attached hydrogens (tertiary/aromatic N) is 3. The minimum absolute atomic E-state index is 0.0300. The van der Waals surface area contributed by atoms with Gasteiger partial charge in [-0.05, 0) is 36.6 Å². The molecule has 2 heterocycles.